The van der Waals surface area contributed by atoms with Crippen molar-refractivity contribution >= 4 is 16.9 Å². The fourth-order valence-corrected chi connectivity index (χ4v) is 2.37. The van der Waals surface area contributed by atoms with E-state index in [4.69, 9.17) is 5.11 Å². The molecule has 0 aliphatic heterocycles. The van der Waals surface area contributed by atoms with Crippen LogP contribution in [0.2, 0.25) is 0 Å². The van der Waals surface area contributed by atoms with Gasteiger partial charge < -0.3 is 5.11 Å². The first kappa shape index (κ1) is 12.4. The fourth-order valence-electron chi connectivity index (χ4n) is 2.37. The highest BCUT2D eigenvalue weighted by Gasteiger charge is 2.13. The second kappa shape index (κ2) is 4.81. The van der Waals surface area contributed by atoms with Gasteiger partial charge in [0.2, 0.25) is 0 Å². The molecule has 20 heavy (non-hydrogen) atoms. The highest BCUT2D eigenvalue weighted by molar-refractivity contribution is 5.93. The van der Waals surface area contributed by atoms with Crippen LogP contribution in [0.25, 0.3) is 10.9 Å². The average Bonchev–Trinajstić information content (AvgIpc) is 2.90. The van der Waals surface area contributed by atoms with Crippen LogP contribution >= 0.6 is 0 Å². The van der Waals surface area contributed by atoms with E-state index in [1.807, 2.05) is 28.9 Å². The number of aromatic nitrogens is 2. The summed E-state index contributed by atoms with van der Waals surface area (Å²) in [6.45, 7) is 2.08. The van der Waals surface area contributed by atoms with Crippen molar-refractivity contribution in [2.24, 2.45) is 0 Å². The number of fused-ring (bicyclic) bond motifs is 1. The molecule has 0 spiro atoms. The van der Waals surface area contributed by atoms with Crippen LogP contribution in [0.1, 0.15) is 28.9 Å². The van der Waals surface area contributed by atoms with E-state index in [1.165, 1.54) is 5.56 Å². The number of benzene rings is 2. The van der Waals surface area contributed by atoms with Crippen molar-refractivity contribution in [2.75, 3.05) is 0 Å². The van der Waals surface area contributed by atoms with Crippen molar-refractivity contribution in [1.82, 2.24) is 9.78 Å². The molecule has 100 valence electrons. The quantitative estimate of drug-likeness (QED) is 0.791. The first-order valence-electron chi connectivity index (χ1n) is 6.42. The molecule has 0 amide bonds. The molecule has 0 saturated carbocycles. The van der Waals surface area contributed by atoms with E-state index >= 15 is 0 Å². The molecule has 2 aromatic carbocycles. The van der Waals surface area contributed by atoms with Gasteiger partial charge in [0.15, 0.2) is 0 Å². The van der Waals surface area contributed by atoms with Crippen molar-refractivity contribution < 1.29 is 9.90 Å². The maximum atomic E-state index is 11.0. The summed E-state index contributed by atoms with van der Waals surface area (Å²) in [7, 11) is 0. The van der Waals surface area contributed by atoms with E-state index in [-0.39, 0.29) is 11.6 Å². The molecule has 0 radical (unpaired) electrons. The molecule has 0 aliphatic carbocycles. The molecule has 1 N–H and O–H groups in total. The molecule has 1 heterocycles. The lowest BCUT2D eigenvalue weighted by Crippen LogP contribution is -2.08. The minimum atomic E-state index is -0.921. The summed E-state index contributed by atoms with van der Waals surface area (Å²) < 4.78 is 1.91. The summed E-state index contributed by atoms with van der Waals surface area (Å²) in [5, 5.41) is 14.2. The van der Waals surface area contributed by atoms with E-state index in [2.05, 4.69) is 24.2 Å². The number of nitrogens with zero attached hydrogens (tertiary/aromatic N) is 2. The third-order valence-electron chi connectivity index (χ3n) is 3.49. The number of hydrogen-bond acceptors (Lipinski definition) is 2. The maximum absolute atomic E-state index is 11.0. The van der Waals surface area contributed by atoms with Crippen LogP contribution in [-0.2, 0) is 0 Å². The van der Waals surface area contributed by atoms with Gasteiger partial charge in [-0.05, 0) is 30.7 Å². The molecule has 1 aromatic heterocycles. The van der Waals surface area contributed by atoms with Gasteiger partial charge in [0.05, 0.1) is 23.3 Å². The second-order valence-electron chi connectivity index (χ2n) is 4.75. The summed E-state index contributed by atoms with van der Waals surface area (Å²) in [6, 6.07) is 15.3. The van der Waals surface area contributed by atoms with Crippen molar-refractivity contribution in [2.45, 2.75) is 13.0 Å². The third-order valence-corrected chi connectivity index (χ3v) is 3.49. The van der Waals surface area contributed by atoms with Crippen LogP contribution in [0.3, 0.4) is 0 Å². The smallest absolute Gasteiger partial charge is 0.335 e. The summed E-state index contributed by atoms with van der Waals surface area (Å²) in [5.41, 5.74) is 2.38. The molecule has 0 aliphatic rings. The summed E-state index contributed by atoms with van der Waals surface area (Å²) in [6.07, 6.45) is 1.71. The first-order valence-corrected chi connectivity index (χ1v) is 6.42. The zero-order chi connectivity index (χ0) is 14.1. The minimum absolute atomic E-state index is 0.101. The normalized spacial score (nSPS) is 12.4. The predicted octanol–water partition coefficient (Wildman–Crippen LogP) is 3.34. The lowest BCUT2D eigenvalue weighted by atomic mass is 10.1. The van der Waals surface area contributed by atoms with Gasteiger partial charge >= 0.3 is 5.97 Å². The zero-order valence-electron chi connectivity index (χ0n) is 11.0. The topological polar surface area (TPSA) is 55.1 Å². The van der Waals surface area contributed by atoms with Crippen molar-refractivity contribution in [3.63, 3.8) is 0 Å². The minimum Gasteiger partial charge on any atom is -0.478 e. The Morgan fingerprint density at radius 2 is 1.95 bits per heavy atom. The van der Waals surface area contributed by atoms with E-state index in [9.17, 15) is 4.79 Å². The molecular weight excluding hydrogens is 252 g/mol. The number of hydrogen-bond donors (Lipinski definition) is 1. The van der Waals surface area contributed by atoms with Crippen LogP contribution in [0.5, 0.6) is 0 Å². The summed E-state index contributed by atoms with van der Waals surface area (Å²) in [5.74, 6) is -0.921. The predicted molar refractivity (Wildman–Crippen MR) is 76.9 cm³/mol. The molecule has 4 heteroatoms. The van der Waals surface area contributed by atoms with Gasteiger partial charge in [-0.2, -0.15) is 5.10 Å². The highest BCUT2D eigenvalue weighted by atomic mass is 16.4. The molecule has 1 unspecified atom stereocenters. The Bertz CT molecular complexity index is 763. The van der Waals surface area contributed by atoms with Crippen LogP contribution in [-0.4, -0.2) is 20.9 Å². The van der Waals surface area contributed by atoms with Crippen LogP contribution in [0, 0.1) is 0 Å². The van der Waals surface area contributed by atoms with Crippen molar-refractivity contribution in [1.29, 1.82) is 0 Å². The maximum Gasteiger partial charge on any atom is 0.335 e. The van der Waals surface area contributed by atoms with Gasteiger partial charge in [0.25, 0.3) is 0 Å². The van der Waals surface area contributed by atoms with Crippen LogP contribution in [0.15, 0.2) is 54.7 Å². The molecule has 3 aromatic rings. The number of carboxylic acid groups (broad SMARTS) is 1. The molecule has 1 atom stereocenters. The Morgan fingerprint density at radius 1 is 1.20 bits per heavy atom. The first-order chi connectivity index (χ1) is 9.66. The lowest BCUT2D eigenvalue weighted by Gasteiger charge is -2.14. The Kier molecular flexibility index (Phi) is 2.99. The molecule has 3 rings (SSSR count). The van der Waals surface area contributed by atoms with E-state index < -0.39 is 5.97 Å². The second-order valence-corrected chi connectivity index (χ2v) is 4.75. The summed E-state index contributed by atoms with van der Waals surface area (Å²) >= 11 is 0. The van der Waals surface area contributed by atoms with Gasteiger partial charge in [0.1, 0.15) is 0 Å². The Morgan fingerprint density at radius 3 is 2.65 bits per heavy atom. The molecular formula is C16H14N2O2. The summed E-state index contributed by atoms with van der Waals surface area (Å²) in [4.78, 5) is 11.0. The van der Waals surface area contributed by atoms with Crippen molar-refractivity contribution in [3.05, 3.63) is 65.9 Å². The molecule has 0 saturated heterocycles. The number of rotatable bonds is 3. The third kappa shape index (κ3) is 2.05. The molecule has 0 bridgehead atoms. The van der Waals surface area contributed by atoms with E-state index in [0.29, 0.717) is 0 Å². The van der Waals surface area contributed by atoms with Gasteiger partial charge in [-0.3, -0.25) is 4.68 Å². The molecule has 0 fully saturated rings. The number of carbonyl (C=O) groups is 1. The van der Waals surface area contributed by atoms with Crippen LogP contribution in [0.4, 0.5) is 0 Å². The monoisotopic (exact) mass is 266 g/mol. The van der Waals surface area contributed by atoms with Gasteiger partial charge in [-0.15, -0.1) is 0 Å². The molecule has 4 nitrogen and oxygen atoms in total. The Labute approximate surface area is 116 Å². The van der Waals surface area contributed by atoms with Crippen LogP contribution < -0.4 is 0 Å². The highest BCUT2D eigenvalue weighted by Crippen LogP contribution is 2.23. The lowest BCUT2D eigenvalue weighted by molar-refractivity contribution is 0.0697. The van der Waals surface area contributed by atoms with E-state index in [1.54, 1.807) is 18.3 Å². The fraction of sp³-hybridized carbons (Fsp3) is 0.125. The van der Waals surface area contributed by atoms with Gasteiger partial charge in [0, 0.05) is 5.39 Å². The largest absolute Gasteiger partial charge is 0.478 e. The standard InChI is InChI=1S/C16H14N2O2/c1-11(12-5-3-2-4-6-12)18-15-8-7-13(16(19)20)9-14(15)10-17-18/h2-11H,1H3,(H,19,20). The Hall–Kier alpha value is -2.62. The SMILES string of the molecule is CC(c1ccccc1)n1ncc2cc(C(=O)O)ccc21. The van der Waals surface area contributed by atoms with Crippen molar-refractivity contribution in [3.8, 4) is 0 Å². The van der Waals surface area contributed by atoms with E-state index in [0.717, 1.165) is 10.9 Å². The Balaban J connectivity index is 2.07. The number of carboxylic acids is 1. The average molecular weight is 266 g/mol. The zero-order valence-corrected chi connectivity index (χ0v) is 11.0. The van der Waals surface area contributed by atoms with Gasteiger partial charge in [-0.25, -0.2) is 4.79 Å². The van der Waals surface area contributed by atoms with Gasteiger partial charge in [-0.1, -0.05) is 30.3 Å². The number of aromatic carboxylic acids is 1.